The van der Waals surface area contributed by atoms with Crippen molar-refractivity contribution in [3.05, 3.63) is 59.7 Å². The lowest BCUT2D eigenvalue weighted by molar-refractivity contribution is -0.122. The lowest BCUT2D eigenvalue weighted by Crippen LogP contribution is -2.32. The van der Waals surface area contributed by atoms with Crippen molar-refractivity contribution in [2.75, 3.05) is 18.4 Å². The molecule has 1 N–H and O–H groups in total. The Kier molecular flexibility index (Phi) is 7.50. The van der Waals surface area contributed by atoms with Gasteiger partial charge in [-0.2, -0.15) is 0 Å². The van der Waals surface area contributed by atoms with E-state index in [9.17, 15) is 9.59 Å². The van der Waals surface area contributed by atoms with Crippen molar-refractivity contribution in [1.82, 2.24) is 4.90 Å². The number of nitrogens with zero attached hydrogens (tertiary/aromatic N) is 1. The van der Waals surface area contributed by atoms with Crippen LogP contribution in [0.15, 0.2) is 48.5 Å². The molecule has 1 saturated heterocycles. The molecule has 1 fully saturated rings. The minimum Gasteiger partial charge on any atom is -0.481 e. The summed E-state index contributed by atoms with van der Waals surface area (Å²) in [5, 5.41) is 2.87. The van der Waals surface area contributed by atoms with Crippen molar-refractivity contribution in [3.63, 3.8) is 0 Å². The van der Waals surface area contributed by atoms with Gasteiger partial charge in [-0.3, -0.25) is 9.59 Å². The van der Waals surface area contributed by atoms with Crippen molar-refractivity contribution in [2.24, 2.45) is 0 Å². The Labute approximate surface area is 179 Å². The first kappa shape index (κ1) is 21.9. The Morgan fingerprint density at radius 2 is 1.60 bits per heavy atom. The van der Waals surface area contributed by atoms with Crippen LogP contribution in [0.3, 0.4) is 0 Å². The number of amides is 2. The zero-order valence-corrected chi connectivity index (χ0v) is 18.2. The van der Waals surface area contributed by atoms with Crippen LogP contribution in [-0.2, 0) is 4.79 Å². The molecule has 2 amide bonds. The fourth-order valence-corrected chi connectivity index (χ4v) is 3.62. The molecule has 5 nitrogen and oxygen atoms in total. The van der Waals surface area contributed by atoms with E-state index in [4.69, 9.17) is 4.74 Å². The van der Waals surface area contributed by atoms with E-state index in [0.717, 1.165) is 25.9 Å². The normalized spacial score (nSPS) is 15.4. The van der Waals surface area contributed by atoms with Crippen molar-refractivity contribution in [3.8, 4) is 5.75 Å². The lowest BCUT2D eigenvalue weighted by Gasteiger charge is -2.21. The van der Waals surface area contributed by atoms with Crippen LogP contribution in [0.4, 0.5) is 5.69 Å². The average Bonchev–Trinajstić information content (AvgIpc) is 3.03. The summed E-state index contributed by atoms with van der Waals surface area (Å²) in [5.41, 5.74) is 2.43. The molecule has 0 bridgehead atoms. The van der Waals surface area contributed by atoms with Gasteiger partial charge in [0.2, 0.25) is 0 Å². The van der Waals surface area contributed by atoms with Crippen molar-refractivity contribution < 1.29 is 14.3 Å². The third kappa shape index (κ3) is 5.85. The van der Waals surface area contributed by atoms with E-state index in [1.807, 2.05) is 29.2 Å². The highest BCUT2D eigenvalue weighted by molar-refractivity contribution is 5.98. The molecule has 0 aliphatic carbocycles. The summed E-state index contributed by atoms with van der Waals surface area (Å²) >= 11 is 0. The molecule has 1 atom stereocenters. The van der Waals surface area contributed by atoms with E-state index in [1.165, 1.54) is 18.4 Å². The Bertz CT molecular complexity index is 853. The average molecular weight is 409 g/mol. The number of hydrogen-bond donors (Lipinski definition) is 1. The Hall–Kier alpha value is -2.82. The number of ether oxygens (including phenoxy) is 1. The lowest BCUT2D eigenvalue weighted by atomic mass is 10.0. The molecule has 5 heteroatoms. The predicted molar refractivity (Wildman–Crippen MR) is 120 cm³/mol. The summed E-state index contributed by atoms with van der Waals surface area (Å²) in [4.78, 5) is 27.3. The Morgan fingerprint density at radius 1 is 0.933 bits per heavy atom. The fourth-order valence-electron chi connectivity index (χ4n) is 3.62. The first-order valence-corrected chi connectivity index (χ1v) is 10.9. The van der Waals surface area contributed by atoms with Crippen LogP contribution >= 0.6 is 0 Å². The quantitative estimate of drug-likeness (QED) is 0.712. The molecule has 0 aromatic heterocycles. The number of anilines is 1. The van der Waals surface area contributed by atoms with Crippen LogP contribution in [0.2, 0.25) is 0 Å². The maximum atomic E-state index is 12.8. The van der Waals surface area contributed by atoms with Crippen LogP contribution in [0.25, 0.3) is 0 Å². The first-order valence-electron chi connectivity index (χ1n) is 10.9. The second-order valence-corrected chi connectivity index (χ2v) is 8.26. The van der Waals surface area contributed by atoms with Gasteiger partial charge in [0.1, 0.15) is 5.75 Å². The summed E-state index contributed by atoms with van der Waals surface area (Å²) in [5.74, 6) is 0.890. The third-order valence-corrected chi connectivity index (χ3v) is 5.50. The summed E-state index contributed by atoms with van der Waals surface area (Å²) in [6.45, 7) is 7.60. The van der Waals surface area contributed by atoms with E-state index in [2.05, 4.69) is 19.2 Å². The molecule has 2 aromatic carbocycles. The third-order valence-electron chi connectivity index (χ3n) is 5.50. The number of carbonyl (C=O) groups is 2. The summed E-state index contributed by atoms with van der Waals surface area (Å²) < 4.78 is 5.78. The van der Waals surface area contributed by atoms with Gasteiger partial charge in [-0.05, 0) is 61.6 Å². The summed E-state index contributed by atoms with van der Waals surface area (Å²) in [6, 6.07) is 15.0. The van der Waals surface area contributed by atoms with Crippen LogP contribution in [0.5, 0.6) is 5.75 Å². The van der Waals surface area contributed by atoms with E-state index in [0.29, 0.717) is 22.9 Å². The minimum atomic E-state index is -0.653. The van der Waals surface area contributed by atoms with Gasteiger partial charge in [-0.15, -0.1) is 0 Å². The maximum Gasteiger partial charge on any atom is 0.265 e. The van der Waals surface area contributed by atoms with E-state index >= 15 is 0 Å². The van der Waals surface area contributed by atoms with Gasteiger partial charge in [0.15, 0.2) is 6.10 Å². The molecular weight excluding hydrogens is 376 g/mol. The molecule has 0 saturated carbocycles. The maximum absolute atomic E-state index is 12.8. The van der Waals surface area contributed by atoms with E-state index < -0.39 is 6.10 Å². The fraction of sp³-hybridized carbons (Fsp3) is 0.440. The Balaban J connectivity index is 1.60. The number of benzene rings is 2. The molecule has 2 aromatic rings. The molecule has 0 spiro atoms. The standard InChI is InChI=1S/C25H32N2O3/c1-18(2)20-11-13-23(14-12-20)30-19(3)24(28)26-22-10-8-9-21(17-22)25(29)27-15-6-4-5-7-16-27/h8-14,17-19H,4-7,15-16H2,1-3H3,(H,26,28). The molecule has 1 aliphatic rings. The topological polar surface area (TPSA) is 58.6 Å². The highest BCUT2D eigenvalue weighted by Gasteiger charge is 2.19. The predicted octanol–water partition coefficient (Wildman–Crippen LogP) is 5.23. The van der Waals surface area contributed by atoms with Crippen LogP contribution in [0.1, 0.15) is 68.3 Å². The second kappa shape index (κ2) is 10.3. The van der Waals surface area contributed by atoms with Gasteiger partial charge in [0.05, 0.1) is 0 Å². The molecule has 160 valence electrons. The highest BCUT2D eigenvalue weighted by atomic mass is 16.5. The Morgan fingerprint density at radius 3 is 2.23 bits per heavy atom. The van der Waals surface area contributed by atoms with E-state index in [-0.39, 0.29) is 11.8 Å². The van der Waals surface area contributed by atoms with Crippen LogP contribution in [0, 0.1) is 0 Å². The molecule has 0 radical (unpaired) electrons. The van der Waals surface area contributed by atoms with Crippen molar-refractivity contribution in [2.45, 2.75) is 58.5 Å². The van der Waals surface area contributed by atoms with Gasteiger partial charge in [-0.1, -0.05) is 44.9 Å². The molecular formula is C25H32N2O3. The number of likely N-dealkylation sites (tertiary alicyclic amines) is 1. The molecule has 1 unspecified atom stereocenters. The van der Waals surface area contributed by atoms with Crippen LogP contribution in [-0.4, -0.2) is 35.9 Å². The molecule has 30 heavy (non-hydrogen) atoms. The number of nitrogens with one attached hydrogen (secondary N) is 1. The van der Waals surface area contributed by atoms with Gasteiger partial charge in [0, 0.05) is 24.3 Å². The summed E-state index contributed by atoms with van der Waals surface area (Å²) in [7, 11) is 0. The van der Waals surface area contributed by atoms with Crippen molar-refractivity contribution in [1.29, 1.82) is 0 Å². The van der Waals surface area contributed by atoms with Crippen molar-refractivity contribution >= 4 is 17.5 Å². The smallest absolute Gasteiger partial charge is 0.265 e. The van der Waals surface area contributed by atoms with E-state index in [1.54, 1.807) is 31.2 Å². The summed E-state index contributed by atoms with van der Waals surface area (Å²) in [6.07, 6.45) is 3.81. The second-order valence-electron chi connectivity index (χ2n) is 8.26. The molecule has 3 rings (SSSR count). The van der Waals surface area contributed by atoms with Gasteiger partial charge >= 0.3 is 0 Å². The minimum absolute atomic E-state index is 0.0301. The number of hydrogen-bond acceptors (Lipinski definition) is 3. The SMILES string of the molecule is CC(Oc1ccc(C(C)C)cc1)C(=O)Nc1cccc(C(=O)N2CCCCCC2)c1. The van der Waals surface area contributed by atoms with Crippen LogP contribution < -0.4 is 10.1 Å². The van der Waals surface area contributed by atoms with Gasteiger partial charge in [0.25, 0.3) is 11.8 Å². The highest BCUT2D eigenvalue weighted by Crippen LogP contribution is 2.20. The number of rotatable bonds is 6. The largest absolute Gasteiger partial charge is 0.481 e. The monoisotopic (exact) mass is 408 g/mol. The number of carbonyl (C=O) groups excluding carboxylic acids is 2. The zero-order chi connectivity index (χ0) is 21.5. The van der Waals surface area contributed by atoms with Gasteiger partial charge in [-0.25, -0.2) is 0 Å². The first-order chi connectivity index (χ1) is 14.4. The zero-order valence-electron chi connectivity index (χ0n) is 18.2. The molecule has 1 heterocycles. The van der Waals surface area contributed by atoms with Gasteiger partial charge < -0.3 is 15.0 Å². The molecule has 1 aliphatic heterocycles.